The number of nitrogen functional groups attached to an aromatic ring is 1. The highest BCUT2D eigenvalue weighted by Gasteiger charge is 2.14. The van der Waals surface area contributed by atoms with Crippen LogP contribution in [-0.4, -0.2) is 25.8 Å². The summed E-state index contributed by atoms with van der Waals surface area (Å²) in [5.74, 6) is 0.564. The molecule has 23 heavy (non-hydrogen) atoms. The zero-order valence-electron chi connectivity index (χ0n) is 12.4. The van der Waals surface area contributed by atoms with Crippen molar-refractivity contribution in [2.45, 2.75) is 6.92 Å². The first-order valence-corrected chi connectivity index (χ1v) is 6.91. The van der Waals surface area contributed by atoms with E-state index in [4.69, 9.17) is 5.73 Å². The molecule has 0 radical (unpaired) electrons. The van der Waals surface area contributed by atoms with Crippen molar-refractivity contribution in [3.63, 3.8) is 0 Å². The van der Waals surface area contributed by atoms with E-state index in [1.165, 1.54) is 6.20 Å². The van der Waals surface area contributed by atoms with Crippen molar-refractivity contribution in [3.05, 3.63) is 60.2 Å². The van der Waals surface area contributed by atoms with Gasteiger partial charge in [-0.3, -0.25) is 9.78 Å². The Hall–Kier alpha value is -3.35. The normalized spacial score (nSPS) is 10.3. The number of rotatable bonds is 3. The molecule has 0 saturated heterocycles. The van der Waals surface area contributed by atoms with Gasteiger partial charge in [-0.15, -0.1) is 0 Å². The van der Waals surface area contributed by atoms with Crippen LogP contribution < -0.4 is 11.1 Å². The molecule has 7 heteroatoms. The van der Waals surface area contributed by atoms with Crippen LogP contribution in [0.2, 0.25) is 0 Å². The minimum Gasteiger partial charge on any atom is -0.383 e. The molecule has 3 aromatic rings. The van der Waals surface area contributed by atoms with E-state index in [0.717, 1.165) is 11.3 Å². The van der Waals surface area contributed by atoms with Crippen LogP contribution in [0.15, 0.2) is 48.9 Å². The Morgan fingerprint density at radius 2 is 2.00 bits per heavy atom. The molecule has 0 bridgehead atoms. The van der Waals surface area contributed by atoms with Crippen LogP contribution in [0.1, 0.15) is 16.1 Å². The first kappa shape index (κ1) is 14.6. The SMILES string of the molecule is Cc1cccc(NC(=O)c2cnc(-c3cccnc3)nc2N)n1. The molecule has 3 aromatic heterocycles. The molecule has 0 aromatic carbocycles. The molecule has 114 valence electrons. The van der Waals surface area contributed by atoms with Crippen LogP contribution in [0, 0.1) is 6.92 Å². The second-order valence-corrected chi connectivity index (χ2v) is 4.85. The lowest BCUT2D eigenvalue weighted by Gasteiger charge is -2.08. The third-order valence-electron chi connectivity index (χ3n) is 3.11. The molecule has 0 aliphatic carbocycles. The summed E-state index contributed by atoms with van der Waals surface area (Å²) in [5.41, 5.74) is 7.62. The lowest BCUT2D eigenvalue weighted by molar-refractivity contribution is 0.102. The largest absolute Gasteiger partial charge is 0.383 e. The van der Waals surface area contributed by atoms with Gasteiger partial charge >= 0.3 is 0 Å². The van der Waals surface area contributed by atoms with Crippen molar-refractivity contribution in [3.8, 4) is 11.4 Å². The van der Waals surface area contributed by atoms with E-state index in [1.807, 2.05) is 25.1 Å². The Morgan fingerprint density at radius 3 is 2.70 bits per heavy atom. The van der Waals surface area contributed by atoms with Gasteiger partial charge in [0.05, 0.1) is 0 Å². The molecule has 0 saturated carbocycles. The van der Waals surface area contributed by atoms with E-state index in [2.05, 4.69) is 25.3 Å². The number of pyridine rings is 2. The molecule has 3 heterocycles. The Labute approximate surface area is 132 Å². The molecular formula is C16H14N6O. The van der Waals surface area contributed by atoms with Gasteiger partial charge in [0.25, 0.3) is 5.91 Å². The topological polar surface area (TPSA) is 107 Å². The van der Waals surface area contributed by atoms with Gasteiger partial charge < -0.3 is 11.1 Å². The Morgan fingerprint density at radius 1 is 1.13 bits per heavy atom. The fourth-order valence-electron chi connectivity index (χ4n) is 2.00. The molecule has 1 amide bonds. The van der Waals surface area contributed by atoms with Crippen molar-refractivity contribution < 1.29 is 4.79 Å². The molecule has 0 aliphatic rings. The molecule has 3 N–H and O–H groups in total. The van der Waals surface area contributed by atoms with Crippen molar-refractivity contribution in [2.75, 3.05) is 11.1 Å². The van der Waals surface area contributed by atoms with Gasteiger partial charge in [0, 0.05) is 29.8 Å². The molecule has 0 fully saturated rings. The fourth-order valence-corrected chi connectivity index (χ4v) is 2.00. The number of nitrogens with two attached hydrogens (primary N) is 1. The number of carbonyl (C=O) groups is 1. The minimum absolute atomic E-state index is 0.101. The van der Waals surface area contributed by atoms with Gasteiger partial charge in [0.2, 0.25) is 0 Å². The molecular weight excluding hydrogens is 292 g/mol. The number of aryl methyl sites for hydroxylation is 1. The van der Waals surface area contributed by atoms with E-state index in [-0.39, 0.29) is 11.4 Å². The number of anilines is 2. The summed E-state index contributed by atoms with van der Waals surface area (Å²) in [5, 5.41) is 2.68. The number of aromatic nitrogens is 4. The van der Waals surface area contributed by atoms with Gasteiger partial charge in [-0.05, 0) is 31.2 Å². The average Bonchev–Trinajstić information content (AvgIpc) is 2.55. The van der Waals surface area contributed by atoms with Crippen molar-refractivity contribution in [1.29, 1.82) is 0 Å². The second-order valence-electron chi connectivity index (χ2n) is 4.85. The number of amides is 1. The van der Waals surface area contributed by atoms with Crippen molar-refractivity contribution >= 4 is 17.5 Å². The van der Waals surface area contributed by atoms with Gasteiger partial charge in [0.15, 0.2) is 5.82 Å². The smallest absolute Gasteiger partial charge is 0.262 e. The quantitative estimate of drug-likeness (QED) is 0.767. The summed E-state index contributed by atoms with van der Waals surface area (Å²) in [6.45, 7) is 1.84. The summed E-state index contributed by atoms with van der Waals surface area (Å²) >= 11 is 0. The van der Waals surface area contributed by atoms with E-state index < -0.39 is 5.91 Å². The minimum atomic E-state index is -0.404. The Kier molecular flexibility index (Phi) is 3.92. The van der Waals surface area contributed by atoms with E-state index in [0.29, 0.717) is 11.6 Å². The third kappa shape index (κ3) is 3.29. The molecule has 3 rings (SSSR count). The maximum Gasteiger partial charge on any atom is 0.262 e. The van der Waals surface area contributed by atoms with Crippen LogP contribution in [0.25, 0.3) is 11.4 Å². The summed E-state index contributed by atoms with van der Waals surface area (Å²) in [6, 6.07) is 8.95. The molecule has 7 nitrogen and oxygen atoms in total. The van der Waals surface area contributed by atoms with Crippen LogP contribution >= 0.6 is 0 Å². The number of carbonyl (C=O) groups excluding carboxylic acids is 1. The van der Waals surface area contributed by atoms with Crippen LogP contribution in [0.4, 0.5) is 11.6 Å². The summed E-state index contributed by atoms with van der Waals surface area (Å²) in [6.07, 6.45) is 4.69. The van der Waals surface area contributed by atoms with E-state index in [9.17, 15) is 4.79 Å². The maximum absolute atomic E-state index is 12.3. The lowest BCUT2D eigenvalue weighted by Crippen LogP contribution is -2.16. The van der Waals surface area contributed by atoms with Crippen LogP contribution in [0.5, 0.6) is 0 Å². The number of nitrogens with one attached hydrogen (secondary N) is 1. The highest BCUT2D eigenvalue weighted by Crippen LogP contribution is 2.17. The first-order chi connectivity index (χ1) is 11.1. The third-order valence-corrected chi connectivity index (χ3v) is 3.11. The zero-order valence-corrected chi connectivity index (χ0v) is 12.4. The van der Waals surface area contributed by atoms with Gasteiger partial charge in [0.1, 0.15) is 17.2 Å². The van der Waals surface area contributed by atoms with E-state index >= 15 is 0 Å². The Bertz CT molecular complexity index is 850. The molecule has 0 atom stereocenters. The number of nitrogens with zero attached hydrogens (tertiary/aromatic N) is 4. The average molecular weight is 306 g/mol. The van der Waals surface area contributed by atoms with Crippen molar-refractivity contribution in [2.24, 2.45) is 0 Å². The number of hydrogen-bond donors (Lipinski definition) is 2. The van der Waals surface area contributed by atoms with Gasteiger partial charge in [-0.25, -0.2) is 15.0 Å². The monoisotopic (exact) mass is 306 g/mol. The van der Waals surface area contributed by atoms with Crippen LogP contribution in [-0.2, 0) is 0 Å². The lowest BCUT2D eigenvalue weighted by atomic mass is 10.2. The summed E-state index contributed by atoms with van der Waals surface area (Å²) in [4.78, 5) is 28.8. The Balaban J connectivity index is 1.84. The highest BCUT2D eigenvalue weighted by molar-refractivity contribution is 6.06. The van der Waals surface area contributed by atoms with Gasteiger partial charge in [-0.1, -0.05) is 6.07 Å². The fraction of sp³-hybridized carbons (Fsp3) is 0.0625. The van der Waals surface area contributed by atoms with E-state index in [1.54, 1.807) is 24.5 Å². The first-order valence-electron chi connectivity index (χ1n) is 6.91. The summed E-state index contributed by atoms with van der Waals surface area (Å²) < 4.78 is 0. The molecule has 0 unspecified atom stereocenters. The molecule has 0 spiro atoms. The zero-order chi connectivity index (χ0) is 16.2. The predicted octanol–water partition coefficient (Wildman–Crippen LogP) is 2.08. The predicted molar refractivity (Wildman–Crippen MR) is 86.6 cm³/mol. The standard InChI is InChI=1S/C16H14N6O/c1-10-4-2-6-13(20-10)21-16(23)12-9-19-15(22-14(12)17)11-5-3-7-18-8-11/h2-9H,1H3,(H2,17,19,22)(H,20,21,23). The second kappa shape index (κ2) is 6.18. The molecule has 0 aliphatic heterocycles. The highest BCUT2D eigenvalue weighted by atomic mass is 16.1. The summed E-state index contributed by atoms with van der Waals surface area (Å²) in [7, 11) is 0. The van der Waals surface area contributed by atoms with Crippen molar-refractivity contribution in [1.82, 2.24) is 19.9 Å². The number of hydrogen-bond acceptors (Lipinski definition) is 6. The van der Waals surface area contributed by atoms with Gasteiger partial charge in [-0.2, -0.15) is 0 Å². The van der Waals surface area contributed by atoms with Crippen LogP contribution in [0.3, 0.4) is 0 Å². The maximum atomic E-state index is 12.3.